The van der Waals surface area contributed by atoms with E-state index in [0.717, 1.165) is 34.8 Å². The first-order valence-corrected chi connectivity index (χ1v) is 14.1. The molecule has 10 heteroatoms. The minimum Gasteiger partial charge on any atom is -0.378 e. The fourth-order valence-electron chi connectivity index (χ4n) is 5.48. The molecular formula is C29H31FN4O4S. The van der Waals surface area contributed by atoms with Crippen LogP contribution in [0.4, 0.5) is 9.39 Å². The molecule has 39 heavy (non-hydrogen) atoms. The number of thiophene rings is 1. The highest BCUT2D eigenvalue weighted by atomic mass is 32.1. The number of hydrogen-bond acceptors (Lipinski definition) is 7. The number of pyridine rings is 1. The summed E-state index contributed by atoms with van der Waals surface area (Å²) in [4.78, 5) is 35.4. The van der Waals surface area contributed by atoms with Crippen LogP contribution in [0.1, 0.15) is 39.4 Å². The van der Waals surface area contributed by atoms with E-state index in [2.05, 4.69) is 15.2 Å². The highest BCUT2D eigenvalue weighted by Gasteiger charge is 2.36. The molecule has 0 bridgehead atoms. The lowest BCUT2D eigenvalue weighted by molar-refractivity contribution is 0.0303. The highest BCUT2D eigenvalue weighted by Crippen LogP contribution is 2.46. The van der Waals surface area contributed by atoms with Crippen LogP contribution in [0.25, 0.3) is 22.4 Å². The Hall–Kier alpha value is -3.34. The Labute approximate surface area is 230 Å². The monoisotopic (exact) mass is 550 g/mol. The topological polar surface area (TPSA) is 84.0 Å². The molecule has 8 nitrogen and oxygen atoms in total. The largest absolute Gasteiger partial charge is 0.378 e. The lowest BCUT2D eigenvalue weighted by atomic mass is 9.87. The van der Waals surface area contributed by atoms with Crippen molar-refractivity contribution in [1.29, 1.82) is 0 Å². The van der Waals surface area contributed by atoms with Gasteiger partial charge in [0.2, 0.25) is 0 Å². The molecule has 0 aliphatic carbocycles. The standard InChI is InChI=1S/C29H31FN4O4S/c1-29(2)17-21-24(28(34-9-13-38-14-10-34)39-25(21)26(35)32-29)18-5-6-31-23(16-18)20-15-19(3-4-22(20)30)27(36)33-7-11-37-12-8-33/h3-6,15-16H,7-14,17H2,1-2H3,(H,32,35). The Morgan fingerprint density at radius 2 is 1.77 bits per heavy atom. The van der Waals surface area contributed by atoms with E-state index >= 15 is 4.39 Å². The molecule has 1 aromatic carbocycles. The number of carbonyl (C=O) groups excluding carboxylic acids is 2. The molecule has 0 saturated carbocycles. The molecular weight excluding hydrogens is 519 g/mol. The van der Waals surface area contributed by atoms with Gasteiger partial charge in [0.25, 0.3) is 11.8 Å². The van der Waals surface area contributed by atoms with Gasteiger partial charge in [0, 0.05) is 54.6 Å². The predicted octanol–water partition coefficient (Wildman–Crippen LogP) is 3.99. The maximum Gasteiger partial charge on any atom is 0.262 e. The van der Waals surface area contributed by atoms with Crippen LogP contribution < -0.4 is 10.2 Å². The second-order valence-corrected chi connectivity index (χ2v) is 11.7. The average molecular weight is 551 g/mol. The number of halogens is 1. The Bertz CT molecular complexity index is 1430. The molecule has 0 radical (unpaired) electrons. The van der Waals surface area contributed by atoms with Crippen molar-refractivity contribution in [3.63, 3.8) is 0 Å². The number of nitrogens with one attached hydrogen (secondary N) is 1. The molecule has 2 amide bonds. The number of carbonyl (C=O) groups is 2. The number of ether oxygens (including phenoxy) is 2. The minimum atomic E-state index is -0.445. The first-order chi connectivity index (χ1) is 18.8. The number of rotatable bonds is 4. The van der Waals surface area contributed by atoms with Gasteiger partial charge in [-0.05, 0) is 61.7 Å². The highest BCUT2D eigenvalue weighted by molar-refractivity contribution is 7.19. The van der Waals surface area contributed by atoms with Gasteiger partial charge >= 0.3 is 0 Å². The average Bonchev–Trinajstić information content (AvgIpc) is 3.33. The fraction of sp³-hybridized carbons (Fsp3) is 0.414. The first kappa shape index (κ1) is 25.9. The molecule has 3 aliphatic rings. The van der Waals surface area contributed by atoms with Crippen molar-refractivity contribution < 1.29 is 23.5 Å². The number of aromatic nitrogens is 1. The summed E-state index contributed by atoms with van der Waals surface area (Å²) in [5, 5.41) is 4.14. The van der Waals surface area contributed by atoms with E-state index < -0.39 is 11.4 Å². The molecule has 0 spiro atoms. The molecule has 0 atom stereocenters. The summed E-state index contributed by atoms with van der Waals surface area (Å²) < 4.78 is 26.1. The van der Waals surface area contributed by atoms with Gasteiger partial charge in [0.15, 0.2) is 0 Å². The molecule has 6 rings (SSSR count). The molecule has 2 fully saturated rings. The Balaban J connectivity index is 1.43. The first-order valence-electron chi connectivity index (χ1n) is 13.2. The van der Waals surface area contributed by atoms with Gasteiger partial charge in [-0.15, -0.1) is 11.3 Å². The summed E-state index contributed by atoms with van der Waals surface area (Å²) in [7, 11) is 0. The molecule has 3 aliphatic heterocycles. The number of fused-ring (bicyclic) bond motifs is 1. The summed E-state index contributed by atoms with van der Waals surface area (Å²) in [6, 6.07) is 8.22. The second kappa shape index (κ2) is 10.3. The van der Waals surface area contributed by atoms with Crippen molar-refractivity contribution in [1.82, 2.24) is 15.2 Å². The third kappa shape index (κ3) is 5.04. The summed E-state index contributed by atoms with van der Waals surface area (Å²) in [5.74, 6) is -0.661. The van der Waals surface area contributed by atoms with E-state index in [-0.39, 0.29) is 17.4 Å². The van der Waals surface area contributed by atoms with Crippen molar-refractivity contribution in [2.45, 2.75) is 25.8 Å². The summed E-state index contributed by atoms with van der Waals surface area (Å²) >= 11 is 1.50. The molecule has 1 N–H and O–H groups in total. The molecule has 0 unspecified atom stereocenters. The maximum absolute atomic E-state index is 15.2. The van der Waals surface area contributed by atoms with Gasteiger partial charge in [-0.2, -0.15) is 0 Å². The van der Waals surface area contributed by atoms with Crippen LogP contribution in [0.3, 0.4) is 0 Å². The van der Waals surface area contributed by atoms with Gasteiger partial charge in [0.1, 0.15) is 10.8 Å². The Morgan fingerprint density at radius 3 is 2.51 bits per heavy atom. The van der Waals surface area contributed by atoms with E-state index in [9.17, 15) is 9.59 Å². The van der Waals surface area contributed by atoms with Crippen molar-refractivity contribution >= 4 is 28.2 Å². The number of nitrogens with zero attached hydrogens (tertiary/aromatic N) is 3. The third-order valence-electron chi connectivity index (χ3n) is 7.40. The number of morpholine rings is 2. The van der Waals surface area contributed by atoms with Gasteiger partial charge in [-0.25, -0.2) is 4.39 Å². The summed E-state index contributed by atoms with van der Waals surface area (Å²) in [6.45, 7) is 8.76. The fourth-order valence-corrected chi connectivity index (χ4v) is 6.77. The molecule has 2 saturated heterocycles. The van der Waals surface area contributed by atoms with Crippen molar-refractivity contribution in [3.05, 3.63) is 58.3 Å². The predicted molar refractivity (Wildman–Crippen MR) is 148 cm³/mol. The van der Waals surface area contributed by atoms with E-state index in [4.69, 9.17) is 9.47 Å². The van der Waals surface area contributed by atoms with Crippen molar-refractivity contribution in [2.75, 3.05) is 57.5 Å². The van der Waals surface area contributed by atoms with Crippen LogP contribution in [-0.2, 0) is 15.9 Å². The van der Waals surface area contributed by atoms with Crippen LogP contribution in [-0.4, -0.2) is 79.8 Å². The molecule has 2 aromatic heterocycles. The van der Waals surface area contributed by atoms with Gasteiger partial charge < -0.3 is 24.6 Å². The lowest BCUT2D eigenvalue weighted by Crippen LogP contribution is -2.48. The number of anilines is 1. The zero-order chi connectivity index (χ0) is 27.1. The van der Waals surface area contributed by atoms with Gasteiger partial charge in [-0.1, -0.05) is 0 Å². The second-order valence-electron chi connectivity index (χ2n) is 10.7. The third-order valence-corrected chi connectivity index (χ3v) is 8.69. The minimum absolute atomic E-state index is 0.0679. The molecule has 204 valence electrons. The zero-order valence-electron chi connectivity index (χ0n) is 22.1. The van der Waals surface area contributed by atoms with Gasteiger partial charge in [0.05, 0.1) is 37.0 Å². The van der Waals surface area contributed by atoms with Gasteiger partial charge in [-0.3, -0.25) is 14.6 Å². The quantitative estimate of drug-likeness (QED) is 0.529. The van der Waals surface area contributed by atoms with E-state index in [1.165, 1.54) is 23.5 Å². The van der Waals surface area contributed by atoms with Crippen LogP contribution >= 0.6 is 11.3 Å². The lowest BCUT2D eigenvalue weighted by Gasteiger charge is -2.31. The van der Waals surface area contributed by atoms with Crippen LogP contribution in [0.5, 0.6) is 0 Å². The Morgan fingerprint density at radius 1 is 1.05 bits per heavy atom. The SMILES string of the molecule is CC1(C)Cc2c(sc(N3CCOCC3)c2-c2ccnc(-c3cc(C(=O)N4CCOCC4)ccc3F)c2)C(=O)N1. The smallest absolute Gasteiger partial charge is 0.262 e. The number of hydrogen-bond donors (Lipinski definition) is 1. The normalized spacial score (nSPS) is 19.0. The van der Waals surface area contributed by atoms with Crippen LogP contribution in [0.15, 0.2) is 36.5 Å². The van der Waals surface area contributed by atoms with E-state index in [1.807, 2.05) is 26.0 Å². The Kier molecular flexibility index (Phi) is 6.86. The van der Waals surface area contributed by atoms with Crippen LogP contribution in [0.2, 0.25) is 0 Å². The van der Waals surface area contributed by atoms with Crippen molar-refractivity contribution in [2.24, 2.45) is 0 Å². The van der Waals surface area contributed by atoms with Crippen LogP contribution in [0, 0.1) is 5.82 Å². The summed E-state index contributed by atoms with van der Waals surface area (Å²) in [5.41, 5.74) is 3.60. The van der Waals surface area contributed by atoms with Crippen molar-refractivity contribution in [3.8, 4) is 22.4 Å². The number of amides is 2. The number of benzene rings is 1. The molecule has 3 aromatic rings. The van der Waals surface area contributed by atoms with E-state index in [1.54, 1.807) is 17.2 Å². The molecule has 5 heterocycles. The van der Waals surface area contributed by atoms with E-state index in [0.29, 0.717) is 62.1 Å². The maximum atomic E-state index is 15.2. The zero-order valence-corrected chi connectivity index (χ0v) is 22.9. The summed E-state index contributed by atoms with van der Waals surface area (Å²) in [6.07, 6.45) is 2.35.